The summed E-state index contributed by atoms with van der Waals surface area (Å²) in [5, 5.41) is 33.9. The molecule has 1 rings (SSSR count). The van der Waals surface area contributed by atoms with E-state index in [9.17, 15) is 24.3 Å². The maximum absolute atomic E-state index is 12.2. The highest BCUT2D eigenvalue weighted by atomic mass is 16.4. The Kier molecular flexibility index (Phi) is 10.7. The first kappa shape index (κ1) is 25.5. The standard InChI is InChI=1S/C20H28N4O7/c1-12(2)23-24-16-7-6-13(11-22-16)19(29)21-8-4-3-5-15(20(30)31)14(9-17(25)26)10-18(27)28/h6-7,11,14-15H,3-5,8-10H2,1-2H3,(H,21,29)(H,22,24)(H,25,26)(H,27,28)(H,30,31). The van der Waals surface area contributed by atoms with Gasteiger partial charge < -0.3 is 20.6 Å². The van der Waals surface area contributed by atoms with Crippen LogP contribution in [0, 0.1) is 11.8 Å². The molecule has 0 bridgehead atoms. The van der Waals surface area contributed by atoms with Gasteiger partial charge in [0.2, 0.25) is 0 Å². The summed E-state index contributed by atoms with van der Waals surface area (Å²) < 4.78 is 0. The third kappa shape index (κ3) is 10.2. The average Bonchev–Trinajstić information content (AvgIpc) is 2.67. The molecule has 0 aliphatic carbocycles. The predicted molar refractivity (Wildman–Crippen MR) is 112 cm³/mol. The second kappa shape index (κ2) is 12.9. The van der Waals surface area contributed by atoms with Crippen LogP contribution in [0.4, 0.5) is 5.82 Å². The van der Waals surface area contributed by atoms with E-state index in [4.69, 9.17) is 10.2 Å². The number of amides is 1. The molecule has 1 atom stereocenters. The number of hydrazone groups is 1. The first-order valence-corrected chi connectivity index (χ1v) is 9.77. The molecule has 0 aliphatic rings. The molecule has 31 heavy (non-hydrogen) atoms. The highest BCUT2D eigenvalue weighted by molar-refractivity contribution is 5.94. The van der Waals surface area contributed by atoms with Gasteiger partial charge in [-0.15, -0.1) is 0 Å². The maximum Gasteiger partial charge on any atom is 0.306 e. The smallest absolute Gasteiger partial charge is 0.306 e. The number of nitrogens with zero attached hydrogens (tertiary/aromatic N) is 2. The van der Waals surface area contributed by atoms with Crippen LogP contribution in [0.25, 0.3) is 0 Å². The topological polar surface area (TPSA) is 178 Å². The van der Waals surface area contributed by atoms with E-state index < -0.39 is 42.6 Å². The van der Waals surface area contributed by atoms with Crippen LogP contribution in [0.15, 0.2) is 23.4 Å². The molecule has 0 saturated carbocycles. The second-order valence-corrected chi connectivity index (χ2v) is 7.26. The van der Waals surface area contributed by atoms with E-state index in [0.29, 0.717) is 24.2 Å². The van der Waals surface area contributed by atoms with E-state index in [1.54, 1.807) is 12.1 Å². The van der Waals surface area contributed by atoms with Crippen molar-refractivity contribution in [1.82, 2.24) is 10.3 Å². The molecule has 0 aromatic carbocycles. The molecule has 0 fully saturated rings. The molecule has 170 valence electrons. The van der Waals surface area contributed by atoms with Gasteiger partial charge in [0.15, 0.2) is 0 Å². The molecule has 0 radical (unpaired) electrons. The van der Waals surface area contributed by atoms with Gasteiger partial charge in [-0.05, 0) is 44.7 Å². The lowest BCUT2D eigenvalue weighted by atomic mass is 9.83. The number of hydrogen-bond donors (Lipinski definition) is 5. The highest BCUT2D eigenvalue weighted by Crippen LogP contribution is 2.25. The fourth-order valence-electron chi connectivity index (χ4n) is 2.92. The van der Waals surface area contributed by atoms with Crippen molar-refractivity contribution < 1.29 is 34.5 Å². The summed E-state index contributed by atoms with van der Waals surface area (Å²) in [5.74, 6) is -5.62. The number of unbranched alkanes of at least 4 members (excludes halogenated alkanes) is 1. The zero-order valence-corrected chi connectivity index (χ0v) is 17.5. The minimum Gasteiger partial charge on any atom is -0.481 e. The monoisotopic (exact) mass is 436 g/mol. The van der Waals surface area contributed by atoms with E-state index in [-0.39, 0.29) is 18.9 Å². The first-order valence-electron chi connectivity index (χ1n) is 9.77. The molecule has 1 aromatic heterocycles. The number of rotatable bonds is 14. The zero-order valence-electron chi connectivity index (χ0n) is 17.5. The lowest BCUT2D eigenvalue weighted by Crippen LogP contribution is -2.28. The number of pyridine rings is 1. The van der Waals surface area contributed by atoms with Gasteiger partial charge in [-0.25, -0.2) is 4.98 Å². The van der Waals surface area contributed by atoms with Crippen LogP contribution in [0.5, 0.6) is 0 Å². The Morgan fingerprint density at radius 3 is 2.16 bits per heavy atom. The van der Waals surface area contributed by atoms with Crippen LogP contribution in [0.1, 0.15) is 56.3 Å². The Hall–Kier alpha value is -3.50. The molecular formula is C20H28N4O7. The normalized spacial score (nSPS) is 11.5. The Labute approximate surface area is 179 Å². The van der Waals surface area contributed by atoms with Crippen LogP contribution in [-0.2, 0) is 14.4 Å². The number of carbonyl (C=O) groups is 4. The summed E-state index contributed by atoms with van der Waals surface area (Å²) in [6.45, 7) is 3.94. The largest absolute Gasteiger partial charge is 0.481 e. The Morgan fingerprint density at radius 2 is 1.68 bits per heavy atom. The highest BCUT2D eigenvalue weighted by Gasteiger charge is 2.31. The molecule has 1 aromatic rings. The summed E-state index contributed by atoms with van der Waals surface area (Å²) in [6, 6.07) is 3.21. The second-order valence-electron chi connectivity index (χ2n) is 7.26. The summed E-state index contributed by atoms with van der Waals surface area (Å²) in [4.78, 5) is 49.6. The summed E-state index contributed by atoms with van der Waals surface area (Å²) in [6.07, 6.45) is 1.32. The number of aromatic nitrogens is 1. The fraction of sp³-hybridized carbons (Fsp3) is 0.500. The van der Waals surface area contributed by atoms with Crippen LogP contribution >= 0.6 is 0 Å². The number of nitrogens with one attached hydrogen (secondary N) is 2. The van der Waals surface area contributed by atoms with Gasteiger partial charge in [-0.1, -0.05) is 6.42 Å². The van der Waals surface area contributed by atoms with Crippen molar-refractivity contribution in [2.45, 2.75) is 46.0 Å². The quantitative estimate of drug-likeness (QED) is 0.166. The minimum absolute atomic E-state index is 0.121. The van der Waals surface area contributed by atoms with E-state index >= 15 is 0 Å². The lowest BCUT2D eigenvalue weighted by molar-refractivity contribution is -0.147. The Morgan fingerprint density at radius 1 is 1.03 bits per heavy atom. The molecule has 0 saturated heterocycles. The van der Waals surface area contributed by atoms with Gasteiger partial charge >= 0.3 is 17.9 Å². The van der Waals surface area contributed by atoms with Crippen LogP contribution in [-0.4, -0.2) is 56.4 Å². The summed E-state index contributed by atoms with van der Waals surface area (Å²) >= 11 is 0. The van der Waals surface area contributed by atoms with Crippen LogP contribution < -0.4 is 10.7 Å². The van der Waals surface area contributed by atoms with E-state index in [0.717, 1.165) is 5.71 Å². The number of hydrogen-bond acceptors (Lipinski definition) is 7. The zero-order chi connectivity index (χ0) is 23.4. The third-order valence-electron chi connectivity index (χ3n) is 4.41. The van der Waals surface area contributed by atoms with Gasteiger partial charge in [0, 0.05) is 31.3 Å². The van der Waals surface area contributed by atoms with E-state index in [2.05, 4.69) is 20.8 Å². The molecule has 0 aliphatic heterocycles. The Balaban J connectivity index is 2.49. The van der Waals surface area contributed by atoms with Crippen molar-refractivity contribution >= 4 is 35.3 Å². The van der Waals surface area contributed by atoms with Crippen molar-refractivity contribution in [2.24, 2.45) is 16.9 Å². The Bertz CT molecular complexity index is 788. The van der Waals surface area contributed by atoms with Crippen molar-refractivity contribution in [2.75, 3.05) is 12.0 Å². The van der Waals surface area contributed by atoms with Gasteiger partial charge in [0.25, 0.3) is 5.91 Å². The molecule has 11 nitrogen and oxygen atoms in total. The van der Waals surface area contributed by atoms with Crippen LogP contribution in [0.3, 0.4) is 0 Å². The fourth-order valence-corrected chi connectivity index (χ4v) is 2.92. The molecule has 1 unspecified atom stereocenters. The van der Waals surface area contributed by atoms with E-state index in [1.165, 1.54) is 6.20 Å². The summed E-state index contributed by atoms with van der Waals surface area (Å²) in [5.41, 5.74) is 3.93. The molecule has 1 amide bonds. The number of aliphatic carboxylic acids is 3. The minimum atomic E-state index is -1.24. The third-order valence-corrected chi connectivity index (χ3v) is 4.41. The van der Waals surface area contributed by atoms with Gasteiger partial charge in [-0.2, -0.15) is 5.10 Å². The molecule has 11 heteroatoms. The SMILES string of the molecule is CC(C)=NNc1ccc(C(=O)NCCCCC(C(=O)O)C(CC(=O)O)CC(=O)O)cn1. The first-order chi connectivity index (χ1) is 14.6. The summed E-state index contributed by atoms with van der Waals surface area (Å²) in [7, 11) is 0. The number of carboxylic acids is 3. The van der Waals surface area contributed by atoms with Gasteiger partial charge in [0.1, 0.15) is 5.82 Å². The average molecular weight is 436 g/mol. The van der Waals surface area contributed by atoms with Crippen LogP contribution in [0.2, 0.25) is 0 Å². The van der Waals surface area contributed by atoms with Gasteiger partial charge in [0.05, 0.1) is 11.5 Å². The maximum atomic E-state index is 12.2. The molecule has 0 spiro atoms. The van der Waals surface area contributed by atoms with Crippen molar-refractivity contribution in [1.29, 1.82) is 0 Å². The number of carboxylic acid groups (broad SMARTS) is 3. The number of carbonyl (C=O) groups excluding carboxylic acids is 1. The molecular weight excluding hydrogens is 408 g/mol. The van der Waals surface area contributed by atoms with Crippen molar-refractivity contribution in [3.05, 3.63) is 23.9 Å². The predicted octanol–water partition coefficient (Wildman–Crippen LogP) is 2.06. The molecule has 1 heterocycles. The number of anilines is 1. The van der Waals surface area contributed by atoms with Crippen molar-refractivity contribution in [3.63, 3.8) is 0 Å². The molecule has 5 N–H and O–H groups in total. The van der Waals surface area contributed by atoms with E-state index in [1.807, 2.05) is 13.8 Å². The lowest BCUT2D eigenvalue weighted by Gasteiger charge is -2.21. The van der Waals surface area contributed by atoms with Gasteiger partial charge in [-0.3, -0.25) is 24.6 Å². The van der Waals surface area contributed by atoms with Crippen molar-refractivity contribution in [3.8, 4) is 0 Å².